The molecule has 0 aliphatic rings. The summed E-state index contributed by atoms with van der Waals surface area (Å²) in [6, 6.07) is 7.03. The summed E-state index contributed by atoms with van der Waals surface area (Å²) >= 11 is 0. The Labute approximate surface area is 114 Å². The summed E-state index contributed by atoms with van der Waals surface area (Å²) in [7, 11) is 1.60. The van der Waals surface area contributed by atoms with Crippen molar-refractivity contribution in [2.24, 2.45) is 5.92 Å². The number of aliphatic hydroxyl groups excluding tert-OH is 1. The molecule has 1 aromatic carbocycles. The lowest BCUT2D eigenvalue weighted by Crippen LogP contribution is -2.29. The van der Waals surface area contributed by atoms with Gasteiger partial charge in [-0.15, -0.1) is 0 Å². The van der Waals surface area contributed by atoms with Gasteiger partial charge in [0.25, 0.3) is 5.91 Å². The van der Waals surface area contributed by atoms with E-state index in [1.54, 1.807) is 31.4 Å². The van der Waals surface area contributed by atoms with Crippen LogP contribution in [0.25, 0.3) is 0 Å². The van der Waals surface area contributed by atoms with E-state index in [2.05, 4.69) is 12.2 Å². The standard InChI is InChI=1S/C15H23NO3/c1-3-4-12(9-10-17)11-16-15(18)13-5-7-14(19-2)8-6-13/h5-8,12,17H,3-4,9-11H2,1-2H3,(H,16,18). The van der Waals surface area contributed by atoms with Crippen molar-refractivity contribution in [3.05, 3.63) is 29.8 Å². The first-order chi connectivity index (χ1) is 9.21. The highest BCUT2D eigenvalue weighted by Gasteiger charge is 2.10. The molecular weight excluding hydrogens is 242 g/mol. The number of rotatable bonds is 8. The number of benzene rings is 1. The zero-order valence-corrected chi connectivity index (χ0v) is 11.7. The summed E-state index contributed by atoms with van der Waals surface area (Å²) in [4.78, 5) is 11.9. The van der Waals surface area contributed by atoms with Gasteiger partial charge in [-0.1, -0.05) is 13.3 Å². The van der Waals surface area contributed by atoms with Gasteiger partial charge in [0.2, 0.25) is 0 Å². The average Bonchev–Trinajstić information content (AvgIpc) is 2.45. The summed E-state index contributed by atoms with van der Waals surface area (Å²) in [5.41, 5.74) is 0.625. The van der Waals surface area contributed by atoms with Crippen molar-refractivity contribution in [3.63, 3.8) is 0 Å². The van der Waals surface area contributed by atoms with Crippen LogP contribution >= 0.6 is 0 Å². The first-order valence-electron chi connectivity index (χ1n) is 6.74. The van der Waals surface area contributed by atoms with Crippen LogP contribution in [0.5, 0.6) is 5.75 Å². The molecular formula is C15H23NO3. The van der Waals surface area contributed by atoms with Gasteiger partial charge in [0.1, 0.15) is 5.75 Å². The van der Waals surface area contributed by atoms with Gasteiger partial charge in [0.05, 0.1) is 7.11 Å². The third-order valence-electron chi connectivity index (χ3n) is 3.14. The molecule has 0 radical (unpaired) electrons. The van der Waals surface area contributed by atoms with Gasteiger partial charge in [-0.05, 0) is 43.0 Å². The van der Waals surface area contributed by atoms with Crippen LogP contribution in [0.1, 0.15) is 36.5 Å². The maximum atomic E-state index is 11.9. The molecule has 4 heteroatoms. The molecule has 1 unspecified atom stereocenters. The first-order valence-corrected chi connectivity index (χ1v) is 6.74. The van der Waals surface area contributed by atoms with Crippen LogP contribution in [0.15, 0.2) is 24.3 Å². The van der Waals surface area contributed by atoms with Crippen molar-refractivity contribution in [1.29, 1.82) is 0 Å². The van der Waals surface area contributed by atoms with E-state index in [4.69, 9.17) is 9.84 Å². The van der Waals surface area contributed by atoms with Crippen LogP contribution in [0.4, 0.5) is 0 Å². The van der Waals surface area contributed by atoms with Gasteiger partial charge in [-0.2, -0.15) is 0 Å². The van der Waals surface area contributed by atoms with E-state index >= 15 is 0 Å². The number of methoxy groups -OCH3 is 1. The molecule has 0 bridgehead atoms. The minimum Gasteiger partial charge on any atom is -0.497 e. The second-order valence-electron chi connectivity index (χ2n) is 4.61. The summed E-state index contributed by atoms with van der Waals surface area (Å²) in [5.74, 6) is 1.000. The van der Waals surface area contributed by atoms with Crippen LogP contribution in [0.2, 0.25) is 0 Å². The molecule has 0 fully saturated rings. The maximum Gasteiger partial charge on any atom is 0.251 e. The van der Waals surface area contributed by atoms with E-state index in [1.807, 2.05) is 0 Å². The lowest BCUT2D eigenvalue weighted by molar-refractivity contribution is 0.0943. The number of aliphatic hydroxyl groups is 1. The Morgan fingerprint density at radius 1 is 1.32 bits per heavy atom. The molecule has 0 aliphatic carbocycles. The lowest BCUT2D eigenvalue weighted by Gasteiger charge is -2.15. The molecule has 1 rings (SSSR count). The maximum absolute atomic E-state index is 11.9. The van der Waals surface area contributed by atoms with E-state index in [-0.39, 0.29) is 12.5 Å². The molecule has 4 nitrogen and oxygen atoms in total. The van der Waals surface area contributed by atoms with Gasteiger partial charge >= 0.3 is 0 Å². The lowest BCUT2D eigenvalue weighted by atomic mass is 10.00. The highest BCUT2D eigenvalue weighted by Crippen LogP contribution is 2.12. The van der Waals surface area contributed by atoms with Crippen molar-refractivity contribution in [1.82, 2.24) is 5.32 Å². The summed E-state index contributed by atoms with van der Waals surface area (Å²) in [5, 5.41) is 11.9. The number of carbonyl (C=O) groups is 1. The number of hydrogen-bond donors (Lipinski definition) is 2. The number of hydrogen-bond acceptors (Lipinski definition) is 3. The third-order valence-corrected chi connectivity index (χ3v) is 3.14. The molecule has 0 heterocycles. The van der Waals surface area contributed by atoms with Gasteiger partial charge in [0, 0.05) is 18.7 Å². The first kappa shape index (κ1) is 15.5. The van der Waals surface area contributed by atoms with Gasteiger partial charge < -0.3 is 15.2 Å². The quantitative estimate of drug-likeness (QED) is 0.757. The fourth-order valence-electron chi connectivity index (χ4n) is 2.02. The molecule has 1 aromatic rings. The summed E-state index contributed by atoms with van der Waals surface area (Å²) in [6.45, 7) is 2.89. The minimum absolute atomic E-state index is 0.0818. The normalized spacial score (nSPS) is 11.9. The Hall–Kier alpha value is -1.55. The summed E-state index contributed by atoms with van der Waals surface area (Å²) in [6.07, 6.45) is 2.81. The Morgan fingerprint density at radius 3 is 2.53 bits per heavy atom. The van der Waals surface area contributed by atoms with Crippen molar-refractivity contribution >= 4 is 5.91 Å². The molecule has 0 saturated carbocycles. The minimum atomic E-state index is -0.0818. The fraction of sp³-hybridized carbons (Fsp3) is 0.533. The number of ether oxygens (including phenoxy) is 1. The molecule has 0 aliphatic heterocycles. The molecule has 19 heavy (non-hydrogen) atoms. The smallest absolute Gasteiger partial charge is 0.251 e. The monoisotopic (exact) mass is 265 g/mol. The molecule has 0 spiro atoms. The highest BCUT2D eigenvalue weighted by atomic mass is 16.5. The predicted molar refractivity (Wildman–Crippen MR) is 75.4 cm³/mol. The molecule has 1 amide bonds. The zero-order chi connectivity index (χ0) is 14.1. The van der Waals surface area contributed by atoms with Crippen molar-refractivity contribution in [2.45, 2.75) is 26.2 Å². The molecule has 106 valence electrons. The highest BCUT2D eigenvalue weighted by molar-refractivity contribution is 5.94. The van der Waals surface area contributed by atoms with E-state index in [1.165, 1.54) is 0 Å². The zero-order valence-electron chi connectivity index (χ0n) is 11.7. The Bertz CT molecular complexity index is 369. The predicted octanol–water partition coefficient (Wildman–Crippen LogP) is 2.22. The Balaban J connectivity index is 2.48. The van der Waals surface area contributed by atoms with E-state index in [0.29, 0.717) is 18.0 Å². The Kier molecular flexibility index (Phi) is 6.97. The van der Waals surface area contributed by atoms with Crippen molar-refractivity contribution in [3.8, 4) is 5.75 Å². The van der Waals surface area contributed by atoms with E-state index < -0.39 is 0 Å². The second-order valence-corrected chi connectivity index (χ2v) is 4.61. The van der Waals surface area contributed by atoms with E-state index in [9.17, 15) is 4.79 Å². The largest absolute Gasteiger partial charge is 0.497 e. The number of nitrogens with one attached hydrogen (secondary N) is 1. The topological polar surface area (TPSA) is 58.6 Å². The SMILES string of the molecule is CCCC(CCO)CNC(=O)c1ccc(OC)cc1. The molecule has 0 saturated heterocycles. The van der Waals surface area contributed by atoms with Gasteiger partial charge in [-0.3, -0.25) is 4.79 Å². The molecule has 1 atom stereocenters. The summed E-state index contributed by atoms with van der Waals surface area (Å²) < 4.78 is 5.05. The number of carbonyl (C=O) groups excluding carboxylic acids is 1. The fourth-order valence-corrected chi connectivity index (χ4v) is 2.02. The second kappa shape index (κ2) is 8.53. The van der Waals surface area contributed by atoms with Gasteiger partial charge in [0.15, 0.2) is 0 Å². The van der Waals surface area contributed by atoms with Crippen molar-refractivity contribution < 1.29 is 14.6 Å². The van der Waals surface area contributed by atoms with Crippen LogP contribution in [0, 0.1) is 5.92 Å². The van der Waals surface area contributed by atoms with E-state index in [0.717, 1.165) is 25.0 Å². The molecule has 0 aromatic heterocycles. The van der Waals surface area contributed by atoms with Gasteiger partial charge in [-0.25, -0.2) is 0 Å². The van der Waals surface area contributed by atoms with Crippen LogP contribution in [-0.4, -0.2) is 31.3 Å². The molecule has 2 N–H and O–H groups in total. The van der Waals surface area contributed by atoms with Crippen LogP contribution < -0.4 is 10.1 Å². The average molecular weight is 265 g/mol. The third kappa shape index (κ3) is 5.30. The Morgan fingerprint density at radius 2 is 2.00 bits per heavy atom. The van der Waals surface area contributed by atoms with Crippen LogP contribution in [0.3, 0.4) is 0 Å². The van der Waals surface area contributed by atoms with Crippen LogP contribution in [-0.2, 0) is 0 Å². The number of amides is 1. The van der Waals surface area contributed by atoms with Crippen molar-refractivity contribution in [2.75, 3.05) is 20.3 Å².